The number of nitrogens with one attached hydrogen (secondary N) is 3. The van der Waals surface area contributed by atoms with E-state index in [0.29, 0.717) is 12.1 Å². The van der Waals surface area contributed by atoms with Crippen LogP contribution < -0.4 is 5.32 Å². The van der Waals surface area contributed by atoms with Crippen LogP contribution in [0.4, 0.5) is 0 Å². The third kappa shape index (κ3) is 2.71. The van der Waals surface area contributed by atoms with Gasteiger partial charge in [0.15, 0.2) is 0 Å². The number of aromatic nitrogens is 3. The van der Waals surface area contributed by atoms with Gasteiger partial charge in [0.2, 0.25) is 0 Å². The lowest BCUT2D eigenvalue weighted by Gasteiger charge is -2.04. The predicted octanol–water partition coefficient (Wildman–Crippen LogP) is 2.25. The zero-order chi connectivity index (χ0) is 13.8. The molecule has 0 saturated carbocycles. The maximum atomic E-state index is 12.0. The number of imidazole rings is 1. The number of carbonyl (C=O) groups excluding carboxylic acids is 1. The highest BCUT2D eigenvalue weighted by Gasteiger charge is 2.06. The van der Waals surface area contributed by atoms with Crippen LogP contribution in [0.15, 0.2) is 42.9 Å². The fourth-order valence-corrected chi connectivity index (χ4v) is 2.19. The Balaban J connectivity index is 1.53. The average Bonchev–Trinajstić information content (AvgIpc) is 3.13. The van der Waals surface area contributed by atoms with Crippen LogP contribution in [0.2, 0.25) is 0 Å². The lowest BCUT2D eigenvalue weighted by molar-refractivity contribution is 0.0953. The molecular formula is C15H16N4O. The Hall–Kier alpha value is -2.56. The van der Waals surface area contributed by atoms with E-state index in [0.717, 1.165) is 29.6 Å². The van der Waals surface area contributed by atoms with Gasteiger partial charge in [0.1, 0.15) is 5.82 Å². The van der Waals surface area contributed by atoms with Crippen molar-refractivity contribution in [3.63, 3.8) is 0 Å². The Kier molecular flexibility index (Phi) is 3.50. The van der Waals surface area contributed by atoms with Gasteiger partial charge in [0.25, 0.3) is 5.91 Å². The molecule has 0 atom stereocenters. The molecule has 0 fully saturated rings. The first-order valence-electron chi connectivity index (χ1n) is 6.66. The number of H-pyrrole nitrogens is 2. The van der Waals surface area contributed by atoms with E-state index in [-0.39, 0.29) is 5.91 Å². The summed E-state index contributed by atoms with van der Waals surface area (Å²) in [5.74, 6) is 0.917. The maximum Gasteiger partial charge on any atom is 0.251 e. The highest BCUT2D eigenvalue weighted by atomic mass is 16.1. The summed E-state index contributed by atoms with van der Waals surface area (Å²) in [6, 6.07) is 7.62. The monoisotopic (exact) mass is 268 g/mol. The summed E-state index contributed by atoms with van der Waals surface area (Å²) in [6.45, 7) is 0.644. The fourth-order valence-electron chi connectivity index (χ4n) is 2.19. The van der Waals surface area contributed by atoms with E-state index in [4.69, 9.17) is 0 Å². The Morgan fingerprint density at radius 3 is 3.00 bits per heavy atom. The molecular weight excluding hydrogens is 252 g/mol. The molecule has 2 aromatic heterocycles. The summed E-state index contributed by atoms with van der Waals surface area (Å²) in [4.78, 5) is 22.3. The largest absolute Gasteiger partial charge is 0.361 e. The Bertz CT molecular complexity index is 700. The molecule has 1 amide bonds. The van der Waals surface area contributed by atoms with E-state index >= 15 is 0 Å². The zero-order valence-electron chi connectivity index (χ0n) is 11.0. The Morgan fingerprint density at radius 2 is 2.15 bits per heavy atom. The van der Waals surface area contributed by atoms with Gasteiger partial charge in [-0.3, -0.25) is 4.79 Å². The molecule has 5 nitrogen and oxygen atoms in total. The first-order chi connectivity index (χ1) is 9.83. The SMILES string of the molecule is O=C(NCCCc1ncc[nH]1)c1ccc2[nH]ccc2c1. The number of fused-ring (bicyclic) bond motifs is 1. The summed E-state index contributed by atoms with van der Waals surface area (Å²) < 4.78 is 0. The minimum absolute atomic E-state index is 0.0347. The van der Waals surface area contributed by atoms with E-state index in [1.807, 2.05) is 30.5 Å². The first-order valence-corrected chi connectivity index (χ1v) is 6.66. The van der Waals surface area contributed by atoms with Crippen molar-refractivity contribution in [1.29, 1.82) is 0 Å². The number of rotatable bonds is 5. The molecule has 1 aromatic carbocycles. The second-order valence-electron chi connectivity index (χ2n) is 4.68. The van der Waals surface area contributed by atoms with Gasteiger partial charge in [0.05, 0.1) is 0 Å². The lowest BCUT2D eigenvalue weighted by Crippen LogP contribution is -2.24. The van der Waals surface area contributed by atoms with Crippen molar-refractivity contribution >= 4 is 16.8 Å². The van der Waals surface area contributed by atoms with Crippen LogP contribution in [0, 0.1) is 0 Å². The number of aromatic amines is 2. The number of hydrogen-bond acceptors (Lipinski definition) is 2. The molecule has 2 heterocycles. The molecule has 0 saturated heterocycles. The normalized spacial score (nSPS) is 10.8. The molecule has 0 aliphatic heterocycles. The van der Waals surface area contributed by atoms with Gasteiger partial charge in [-0.25, -0.2) is 4.98 Å². The molecule has 0 radical (unpaired) electrons. The Morgan fingerprint density at radius 1 is 1.20 bits per heavy atom. The molecule has 5 heteroatoms. The van der Waals surface area contributed by atoms with Gasteiger partial charge in [-0.15, -0.1) is 0 Å². The van der Waals surface area contributed by atoms with Crippen LogP contribution in [0.3, 0.4) is 0 Å². The van der Waals surface area contributed by atoms with Gasteiger partial charge >= 0.3 is 0 Å². The molecule has 0 unspecified atom stereocenters. The smallest absolute Gasteiger partial charge is 0.251 e. The molecule has 3 aromatic rings. The number of hydrogen-bond donors (Lipinski definition) is 3. The van der Waals surface area contributed by atoms with E-state index in [2.05, 4.69) is 20.3 Å². The predicted molar refractivity (Wildman–Crippen MR) is 77.5 cm³/mol. The van der Waals surface area contributed by atoms with Gasteiger partial charge in [-0.2, -0.15) is 0 Å². The van der Waals surface area contributed by atoms with Gasteiger partial charge in [0, 0.05) is 48.0 Å². The van der Waals surface area contributed by atoms with Crippen molar-refractivity contribution in [2.24, 2.45) is 0 Å². The highest BCUT2D eigenvalue weighted by Crippen LogP contribution is 2.14. The summed E-state index contributed by atoms with van der Waals surface area (Å²) in [5, 5.41) is 3.98. The van der Waals surface area contributed by atoms with Crippen LogP contribution in [0.5, 0.6) is 0 Å². The van der Waals surface area contributed by atoms with E-state index in [1.165, 1.54) is 0 Å². The number of carbonyl (C=O) groups is 1. The van der Waals surface area contributed by atoms with Crippen LogP contribution >= 0.6 is 0 Å². The van der Waals surface area contributed by atoms with Gasteiger partial charge < -0.3 is 15.3 Å². The zero-order valence-corrected chi connectivity index (χ0v) is 11.0. The second-order valence-corrected chi connectivity index (χ2v) is 4.68. The highest BCUT2D eigenvalue weighted by molar-refractivity contribution is 5.98. The van der Waals surface area contributed by atoms with E-state index in [1.54, 1.807) is 12.4 Å². The summed E-state index contributed by atoms with van der Waals surface area (Å²) in [5.41, 5.74) is 1.73. The number of benzene rings is 1. The van der Waals surface area contributed by atoms with Crippen LogP contribution in [0.25, 0.3) is 10.9 Å². The average molecular weight is 268 g/mol. The second kappa shape index (κ2) is 5.61. The maximum absolute atomic E-state index is 12.0. The van der Waals surface area contributed by atoms with Crippen LogP contribution in [0.1, 0.15) is 22.6 Å². The lowest BCUT2D eigenvalue weighted by atomic mass is 10.1. The van der Waals surface area contributed by atoms with Crippen molar-refractivity contribution in [3.05, 3.63) is 54.2 Å². The fraction of sp³-hybridized carbons (Fsp3) is 0.200. The summed E-state index contributed by atoms with van der Waals surface area (Å²) >= 11 is 0. The molecule has 0 bridgehead atoms. The van der Waals surface area contributed by atoms with Crippen molar-refractivity contribution in [2.75, 3.05) is 6.54 Å². The van der Waals surface area contributed by atoms with Crippen molar-refractivity contribution < 1.29 is 4.79 Å². The topological polar surface area (TPSA) is 73.6 Å². The van der Waals surface area contributed by atoms with Gasteiger partial charge in [-0.05, 0) is 30.7 Å². The van der Waals surface area contributed by atoms with Crippen LogP contribution in [-0.4, -0.2) is 27.4 Å². The molecule has 0 aliphatic carbocycles. The molecule has 0 spiro atoms. The first kappa shape index (κ1) is 12.5. The standard InChI is InChI=1S/C15H16N4O/c20-15(19-6-1-2-14-17-8-9-18-14)12-3-4-13-11(10-12)5-7-16-13/h3-5,7-10,16H,1-2,6H2,(H,17,18)(H,19,20). The minimum atomic E-state index is -0.0347. The summed E-state index contributed by atoms with van der Waals surface area (Å²) in [7, 11) is 0. The van der Waals surface area contributed by atoms with Crippen molar-refractivity contribution in [3.8, 4) is 0 Å². The number of amides is 1. The van der Waals surface area contributed by atoms with E-state index in [9.17, 15) is 4.79 Å². The number of aryl methyl sites for hydroxylation is 1. The van der Waals surface area contributed by atoms with Crippen molar-refractivity contribution in [2.45, 2.75) is 12.8 Å². The Labute approximate surface area is 116 Å². The third-order valence-electron chi connectivity index (χ3n) is 3.25. The summed E-state index contributed by atoms with van der Waals surface area (Å²) in [6.07, 6.45) is 7.12. The minimum Gasteiger partial charge on any atom is -0.361 e. The molecule has 0 aliphatic rings. The molecule has 3 rings (SSSR count). The molecule has 3 N–H and O–H groups in total. The quantitative estimate of drug-likeness (QED) is 0.621. The van der Waals surface area contributed by atoms with Crippen LogP contribution in [-0.2, 0) is 6.42 Å². The number of nitrogens with zero attached hydrogens (tertiary/aromatic N) is 1. The van der Waals surface area contributed by atoms with E-state index < -0.39 is 0 Å². The molecule has 102 valence electrons. The van der Waals surface area contributed by atoms with Gasteiger partial charge in [-0.1, -0.05) is 0 Å². The third-order valence-corrected chi connectivity index (χ3v) is 3.25. The van der Waals surface area contributed by atoms with Crippen molar-refractivity contribution in [1.82, 2.24) is 20.3 Å². The molecule has 20 heavy (non-hydrogen) atoms.